The number of ether oxygens (including phenoxy) is 1. The van der Waals surface area contributed by atoms with Crippen molar-refractivity contribution in [1.29, 1.82) is 0 Å². The normalized spacial score (nSPS) is 26.0. The summed E-state index contributed by atoms with van der Waals surface area (Å²) in [6.45, 7) is 0. The summed E-state index contributed by atoms with van der Waals surface area (Å²) in [6, 6.07) is 9.80. The molecule has 210 valence electrons. The number of carbonyl (C=O) groups excluding carboxylic acids is 3. The zero-order valence-electron chi connectivity index (χ0n) is 22.5. The van der Waals surface area contributed by atoms with Crippen molar-refractivity contribution in [2.24, 2.45) is 17.6 Å². The summed E-state index contributed by atoms with van der Waals surface area (Å²) in [6.07, 6.45) is 1.59. The van der Waals surface area contributed by atoms with E-state index >= 15 is 0 Å². The zero-order chi connectivity index (χ0) is 29.1. The third kappa shape index (κ3) is 3.98. The van der Waals surface area contributed by atoms with E-state index in [0.717, 1.165) is 16.9 Å². The maximum absolute atomic E-state index is 13.9. The number of likely N-dealkylation sites (N-methyl/N-ethyl adjacent to an activating group) is 1. The number of rotatable bonds is 6. The number of ketones is 2. The van der Waals surface area contributed by atoms with Gasteiger partial charge in [-0.05, 0) is 80.6 Å². The quantitative estimate of drug-likeness (QED) is 0.338. The zero-order valence-corrected chi connectivity index (χ0v) is 22.5. The molecule has 0 radical (unpaired) electrons. The van der Waals surface area contributed by atoms with Gasteiger partial charge in [0.05, 0.1) is 18.7 Å². The summed E-state index contributed by atoms with van der Waals surface area (Å²) >= 11 is 0. The first-order chi connectivity index (χ1) is 18.9. The first kappa shape index (κ1) is 27.4. The number of Topliss-reactive ketones (excluding diaryl/α,β-unsaturated/α-hetero) is 2. The molecule has 3 aliphatic rings. The molecule has 1 saturated carbocycles. The van der Waals surface area contributed by atoms with Gasteiger partial charge in [0.1, 0.15) is 28.6 Å². The highest BCUT2D eigenvalue weighted by molar-refractivity contribution is 6.24. The number of phenols is 1. The van der Waals surface area contributed by atoms with E-state index in [0.29, 0.717) is 18.4 Å². The van der Waals surface area contributed by atoms with E-state index in [2.05, 4.69) is 0 Å². The third-order valence-electron chi connectivity index (χ3n) is 8.54. The maximum Gasteiger partial charge on any atom is 0.255 e. The van der Waals surface area contributed by atoms with E-state index in [-0.39, 0.29) is 29.7 Å². The van der Waals surface area contributed by atoms with Gasteiger partial charge < -0.3 is 30.9 Å². The summed E-state index contributed by atoms with van der Waals surface area (Å²) in [7, 11) is 4.74. The Morgan fingerprint density at radius 3 is 2.35 bits per heavy atom. The number of methoxy groups -OCH3 is 1. The van der Waals surface area contributed by atoms with Crippen molar-refractivity contribution in [2.45, 2.75) is 37.3 Å². The van der Waals surface area contributed by atoms with Crippen LogP contribution in [0.5, 0.6) is 11.5 Å². The average Bonchev–Trinajstić information content (AvgIpc) is 2.90. The van der Waals surface area contributed by atoms with Crippen LogP contribution in [0.25, 0.3) is 5.76 Å². The first-order valence-electron chi connectivity index (χ1n) is 13.0. The molecule has 0 saturated heterocycles. The molecule has 40 heavy (non-hydrogen) atoms. The predicted octanol–water partition coefficient (Wildman–Crippen LogP) is 1.76. The van der Waals surface area contributed by atoms with Crippen molar-refractivity contribution in [3.05, 3.63) is 75.6 Å². The number of nitrogens with zero attached hydrogens (tertiary/aromatic N) is 1. The van der Waals surface area contributed by atoms with Crippen molar-refractivity contribution in [1.82, 2.24) is 4.90 Å². The van der Waals surface area contributed by atoms with E-state index in [1.807, 2.05) is 24.3 Å². The summed E-state index contributed by atoms with van der Waals surface area (Å²) < 4.78 is 5.22. The molecule has 0 bridgehead atoms. The summed E-state index contributed by atoms with van der Waals surface area (Å²) in [5.41, 5.74) is 4.46. The van der Waals surface area contributed by atoms with Crippen LogP contribution in [0.1, 0.15) is 28.7 Å². The number of aliphatic hydroxyl groups excluding tert-OH is 2. The van der Waals surface area contributed by atoms with Crippen LogP contribution in [0.3, 0.4) is 0 Å². The van der Waals surface area contributed by atoms with E-state index in [1.54, 1.807) is 27.3 Å². The molecule has 6 N–H and O–H groups in total. The molecule has 10 heteroatoms. The molecule has 4 atom stereocenters. The molecule has 2 aromatic carbocycles. The van der Waals surface area contributed by atoms with Gasteiger partial charge in [-0.25, -0.2) is 0 Å². The Morgan fingerprint density at radius 2 is 1.75 bits per heavy atom. The number of benzene rings is 2. The van der Waals surface area contributed by atoms with Crippen LogP contribution in [0.4, 0.5) is 0 Å². The molecule has 0 heterocycles. The number of aryl methyl sites for hydroxylation is 2. The predicted molar refractivity (Wildman–Crippen MR) is 145 cm³/mol. The number of carbonyl (C=O) groups is 3. The monoisotopic (exact) mass is 548 g/mol. The number of fused-ring (bicyclic) bond motifs is 3. The van der Waals surface area contributed by atoms with Crippen LogP contribution < -0.4 is 10.5 Å². The topological polar surface area (TPSA) is 171 Å². The van der Waals surface area contributed by atoms with Crippen LogP contribution in [0, 0.1) is 11.8 Å². The first-order valence-corrected chi connectivity index (χ1v) is 13.0. The molecular weight excluding hydrogens is 516 g/mol. The van der Waals surface area contributed by atoms with Crippen LogP contribution in [-0.2, 0) is 33.6 Å². The minimum Gasteiger partial charge on any atom is -0.508 e. The highest BCUT2D eigenvalue weighted by atomic mass is 16.5. The molecule has 3 aliphatic carbocycles. The fraction of sp³-hybridized carbons (Fsp3) is 0.367. The number of hydrogen-bond acceptors (Lipinski definition) is 9. The van der Waals surface area contributed by atoms with Crippen molar-refractivity contribution < 1.29 is 39.5 Å². The number of primary amides is 1. The smallest absolute Gasteiger partial charge is 0.255 e. The lowest BCUT2D eigenvalue weighted by Crippen LogP contribution is -2.65. The third-order valence-corrected chi connectivity index (χ3v) is 8.54. The number of nitrogens with two attached hydrogens (primary N) is 1. The summed E-state index contributed by atoms with van der Waals surface area (Å²) in [5, 5.41) is 44.7. The Balaban J connectivity index is 1.59. The Labute approximate surface area is 231 Å². The lowest BCUT2D eigenvalue weighted by Gasteiger charge is -2.50. The molecule has 1 amide bonds. The number of amides is 1. The van der Waals surface area contributed by atoms with Gasteiger partial charge in [-0.3, -0.25) is 19.3 Å². The van der Waals surface area contributed by atoms with Crippen LogP contribution in [0.15, 0.2) is 53.3 Å². The number of hydrogen-bond donors (Lipinski definition) is 5. The second kappa shape index (κ2) is 9.79. The van der Waals surface area contributed by atoms with Gasteiger partial charge in [0.15, 0.2) is 11.4 Å². The van der Waals surface area contributed by atoms with Gasteiger partial charge in [-0.1, -0.05) is 18.2 Å². The van der Waals surface area contributed by atoms with Crippen LogP contribution in [0.2, 0.25) is 0 Å². The van der Waals surface area contributed by atoms with E-state index in [1.165, 1.54) is 11.0 Å². The van der Waals surface area contributed by atoms with E-state index in [9.17, 15) is 34.8 Å². The Bertz CT molecular complexity index is 1490. The van der Waals surface area contributed by atoms with Crippen molar-refractivity contribution in [3.8, 4) is 11.5 Å². The average molecular weight is 549 g/mol. The van der Waals surface area contributed by atoms with E-state index in [4.69, 9.17) is 10.5 Å². The second-order valence-corrected chi connectivity index (χ2v) is 10.9. The minimum absolute atomic E-state index is 0.0549. The number of aliphatic hydroxyl groups is 3. The molecule has 0 unspecified atom stereocenters. The summed E-state index contributed by atoms with van der Waals surface area (Å²) in [5.74, 6) is -5.83. The standard InChI is InChI=1S/C30H32N2O8/c1-32(2)24-19-13-16-12-18-15(7-4-14-5-9-17(40-3)10-6-14)8-11-20(33)22(18)25(34)21(16)27(36)30(19,39)28(37)23(26(24)35)29(31)38/h5-6,8-11,16,19,24,33-34,37,39H,4,7,12-13H2,1-3H3,(H2,31,38)/t16-,19-,24-,30-/m1/s1. The SMILES string of the molecule is COc1ccc(CCc2ccc(O)c3c2C[C@@H]2C[C@@H]4[C@@H](N(C)C)C(=O)C(C(N)=O)=C(O)[C@]4(O)C(=O)C2=C3O)cc1. The van der Waals surface area contributed by atoms with Gasteiger partial charge in [0.25, 0.3) is 5.91 Å². The minimum atomic E-state index is -2.65. The molecule has 0 aromatic heterocycles. The molecule has 2 aromatic rings. The lowest BCUT2D eigenvalue weighted by atomic mass is 9.57. The Morgan fingerprint density at radius 1 is 1.07 bits per heavy atom. The van der Waals surface area contributed by atoms with Gasteiger partial charge in [0.2, 0.25) is 5.78 Å². The maximum atomic E-state index is 13.9. The molecule has 1 fully saturated rings. The van der Waals surface area contributed by atoms with Gasteiger partial charge in [-0.15, -0.1) is 0 Å². The van der Waals surface area contributed by atoms with Crippen molar-refractivity contribution in [2.75, 3.05) is 21.2 Å². The highest BCUT2D eigenvalue weighted by Gasteiger charge is 2.64. The van der Waals surface area contributed by atoms with Gasteiger partial charge in [0, 0.05) is 11.5 Å². The van der Waals surface area contributed by atoms with Crippen molar-refractivity contribution in [3.63, 3.8) is 0 Å². The second-order valence-electron chi connectivity index (χ2n) is 10.9. The number of aromatic hydroxyl groups is 1. The Hall–Kier alpha value is -4.15. The fourth-order valence-corrected chi connectivity index (χ4v) is 6.61. The van der Waals surface area contributed by atoms with Crippen LogP contribution >= 0.6 is 0 Å². The molecular formula is C30H32N2O8. The van der Waals surface area contributed by atoms with E-state index < -0.39 is 58.0 Å². The largest absolute Gasteiger partial charge is 0.508 e. The molecule has 0 spiro atoms. The summed E-state index contributed by atoms with van der Waals surface area (Å²) in [4.78, 5) is 40.7. The van der Waals surface area contributed by atoms with Gasteiger partial charge in [-0.2, -0.15) is 0 Å². The molecule has 5 rings (SSSR count). The fourth-order valence-electron chi connectivity index (χ4n) is 6.61. The molecule has 0 aliphatic heterocycles. The molecule has 10 nitrogen and oxygen atoms in total. The lowest BCUT2D eigenvalue weighted by molar-refractivity contribution is -0.153. The Kier molecular flexibility index (Phi) is 6.71. The number of phenolic OH excluding ortho intramolecular Hbond substituents is 1. The van der Waals surface area contributed by atoms with Gasteiger partial charge >= 0.3 is 0 Å². The van der Waals surface area contributed by atoms with Crippen LogP contribution in [-0.4, -0.2) is 75.6 Å². The van der Waals surface area contributed by atoms with Crippen molar-refractivity contribution >= 4 is 23.2 Å². The highest BCUT2D eigenvalue weighted by Crippen LogP contribution is 2.53.